The molecule has 1 saturated heterocycles. The van der Waals surface area contributed by atoms with Crippen molar-refractivity contribution >= 4 is 12.1 Å². The molecule has 0 spiro atoms. The Morgan fingerprint density at radius 3 is 3.00 bits per heavy atom. The number of nitrogens with zero attached hydrogens (tertiary/aromatic N) is 3. The molecule has 5 nitrogen and oxygen atoms in total. The summed E-state index contributed by atoms with van der Waals surface area (Å²) in [6.45, 7) is 4.47. The maximum Gasteiger partial charge on any atom is 0.155 e. The second-order valence-corrected chi connectivity index (χ2v) is 5.03. The topological polar surface area (TPSA) is 47.4 Å². The fourth-order valence-electron chi connectivity index (χ4n) is 2.68. The fourth-order valence-corrected chi connectivity index (χ4v) is 2.68. The molecule has 1 aliphatic heterocycles. The lowest BCUT2D eigenvalue weighted by Crippen LogP contribution is -2.32. The van der Waals surface area contributed by atoms with Gasteiger partial charge in [-0.25, -0.2) is 0 Å². The Labute approximate surface area is 108 Å². The van der Waals surface area contributed by atoms with Crippen LogP contribution < -0.4 is 4.90 Å². The first kappa shape index (κ1) is 13.1. The molecular weight excluding hydrogens is 230 g/mol. The Morgan fingerprint density at radius 2 is 2.39 bits per heavy atom. The van der Waals surface area contributed by atoms with Crippen molar-refractivity contribution in [1.29, 1.82) is 0 Å². The zero-order chi connectivity index (χ0) is 13.1. The third-order valence-electron chi connectivity index (χ3n) is 3.50. The first-order valence-corrected chi connectivity index (χ1v) is 6.41. The Kier molecular flexibility index (Phi) is 4.01. The molecule has 0 bridgehead atoms. The molecule has 2 heterocycles. The largest absolute Gasteiger partial charge is 0.381 e. The highest BCUT2D eigenvalue weighted by Gasteiger charge is 2.21. The van der Waals surface area contributed by atoms with Crippen molar-refractivity contribution in [2.45, 2.75) is 19.8 Å². The molecule has 18 heavy (non-hydrogen) atoms. The molecule has 1 aliphatic rings. The lowest BCUT2D eigenvalue weighted by Gasteiger charge is -2.28. The van der Waals surface area contributed by atoms with Crippen LogP contribution in [0.2, 0.25) is 0 Å². The lowest BCUT2D eigenvalue weighted by atomic mass is 10.0. The number of carbonyl (C=O) groups is 1. The van der Waals surface area contributed by atoms with Crippen molar-refractivity contribution in [3.63, 3.8) is 0 Å². The molecule has 1 aromatic heterocycles. The summed E-state index contributed by atoms with van der Waals surface area (Å²) in [7, 11) is 3.89. The predicted molar refractivity (Wildman–Crippen MR) is 70.1 cm³/mol. The fraction of sp³-hybridized carbons (Fsp3) is 0.692. The molecule has 2 rings (SSSR count). The molecule has 1 atom stereocenters. The zero-order valence-corrected chi connectivity index (χ0v) is 11.3. The average molecular weight is 251 g/mol. The molecular formula is C13H21N3O2. The SMILES string of the molecule is Cc1nn(C)c(N(C)CC2CCCOC2)c1C=O. The van der Waals surface area contributed by atoms with Gasteiger partial charge in [-0.3, -0.25) is 9.48 Å². The van der Waals surface area contributed by atoms with Gasteiger partial charge >= 0.3 is 0 Å². The number of ether oxygens (including phenoxy) is 1. The third-order valence-corrected chi connectivity index (χ3v) is 3.50. The number of aryl methyl sites for hydroxylation is 2. The number of anilines is 1. The molecule has 0 radical (unpaired) electrons. The maximum atomic E-state index is 11.2. The highest BCUT2D eigenvalue weighted by atomic mass is 16.5. The van der Waals surface area contributed by atoms with E-state index in [1.54, 1.807) is 4.68 Å². The molecule has 0 aliphatic carbocycles. The van der Waals surface area contributed by atoms with Gasteiger partial charge in [-0.2, -0.15) is 5.10 Å². The maximum absolute atomic E-state index is 11.2. The second kappa shape index (κ2) is 5.52. The summed E-state index contributed by atoms with van der Waals surface area (Å²) in [5, 5.41) is 4.31. The van der Waals surface area contributed by atoms with Crippen LogP contribution in [0, 0.1) is 12.8 Å². The number of aromatic nitrogens is 2. The highest BCUT2D eigenvalue weighted by Crippen LogP contribution is 2.23. The zero-order valence-electron chi connectivity index (χ0n) is 11.3. The molecule has 0 saturated carbocycles. The van der Waals surface area contributed by atoms with Gasteiger partial charge in [0.05, 0.1) is 17.9 Å². The molecule has 0 amide bonds. The van der Waals surface area contributed by atoms with Crippen LogP contribution in [-0.2, 0) is 11.8 Å². The van der Waals surface area contributed by atoms with Crippen molar-refractivity contribution in [3.8, 4) is 0 Å². The van der Waals surface area contributed by atoms with Crippen molar-refractivity contribution in [1.82, 2.24) is 9.78 Å². The van der Waals surface area contributed by atoms with Crippen LogP contribution in [0.3, 0.4) is 0 Å². The highest BCUT2D eigenvalue weighted by molar-refractivity contribution is 5.84. The van der Waals surface area contributed by atoms with Gasteiger partial charge in [0.25, 0.3) is 0 Å². The van der Waals surface area contributed by atoms with E-state index in [0.717, 1.165) is 44.0 Å². The van der Waals surface area contributed by atoms with E-state index in [0.29, 0.717) is 11.5 Å². The Hall–Kier alpha value is -1.36. The second-order valence-electron chi connectivity index (χ2n) is 5.03. The number of hydrogen-bond acceptors (Lipinski definition) is 4. The van der Waals surface area contributed by atoms with E-state index < -0.39 is 0 Å². The number of aldehydes is 1. The quantitative estimate of drug-likeness (QED) is 0.759. The van der Waals surface area contributed by atoms with E-state index in [-0.39, 0.29) is 0 Å². The van der Waals surface area contributed by atoms with Crippen LogP contribution in [0.4, 0.5) is 5.82 Å². The minimum atomic E-state index is 0.540. The van der Waals surface area contributed by atoms with Gasteiger partial charge in [0.15, 0.2) is 6.29 Å². The molecule has 1 aromatic rings. The van der Waals surface area contributed by atoms with Crippen molar-refractivity contribution in [2.24, 2.45) is 13.0 Å². The molecule has 5 heteroatoms. The van der Waals surface area contributed by atoms with E-state index in [4.69, 9.17) is 4.74 Å². The number of carbonyl (C=O) groups excluding carboxylic acids is 1. The lowest BCUT2D eigenvalue weighted by molar-refractivity contribution is 0.0575. The van der Waals surface area contributed by atoms with E-state index in [2.05, 4.69) is 10.00 Å². The number of rotatable bonds is 4. The minimum absolute atomic E-state index is 0.540. The van der Waals surface area contributed by atoms with Crippen molar-refractivity contribution in [3.05, 3.63) is 11.3 Å². The Bertz CT molecular complexity index is 422. The van der Waals surface area contributed by atoms with Gasteiger partial charge in [-0.05, 0) is 25.7 Å². The van der Waals surface area contributed by atoms with Gasteiger partial charge < -0.3 is 9.64 Å². The average Bonchev–Trinajstić information content (AvgIpc) is 2.64. The molecule has 0 N–H and O–H groups in total. The smallest absolute Gasteiger partial charge is 0.155 e. The van der Waals surface area contributed by atoms with Crippen LogP contribution in [0.1, 0.15) is 28.9 Å². The summed E-state index contributed by atoms with van der Waals surface area (Å²) < 4.78 is 7.27. The normalized spacial score (nSPS) is 19.8. The summed E-state index contributed by atoms with van der Waals surface area (Å²) in [6.07, 6.45) is 3.21. The van der Waals surface area contributed by atoms with Crippen LogP contribution >= 0.6 is 0 Å². The summed E-state index contributed by atoms with van der Waals surface area (Å²) in [5.74, 6) is 1.44. The van der Waals surface area contributed by atoms with Gasteiger partial charge in [-0.1, -0.05) is 0 Å². The first-order valence-electron chi connectivity index (χ1n) is 6.41. The predicted octanol–water partition coefficient (Wildman–Crippen LogP) is 1.40. The first-order chi connectivity index (χ1) is 8.63. The Morgan fingerprint density at radius 1 is 1.61 bits per heavy atom. The van der Waals surface area contributed by atoms with Gasteiger partial charge in [-0.15, -0.1) is 0 Å². The number of hydrogen-bond donors (Lipinski definition) is 0. The van der Waals surface area contributed by atoms with Crippen molar-refractivity contribution in [2.75, 3.05) is 31.7 Å². The summed E-state index contributed by atoms with van der Waals surface area (Å²) in [6, 6.07) is 0. The molecule has 100 valence electrons. The standard InChI is InChI=1S/C13H21N3O2/c1-10-12(8-17)13(16(3)14-10)15(2)7-11-5-4-6-18-9-11/h8,11H,4-7,9H2,1-3H3. The van der Waals surface area contributed by atoms with E-state index >= 15 is 0 Å². The van der Waals surface area contributed by atoms with Crippen LogP contribution in [0.5, 0.6) is 0 Å². The summed E-state index contributed by atoms with van der Waals surface area (Å²) >= 11 is 0. The van der Waals surface area contributed by atoms with E-state index in [1.165, 1.54) is 6.42 Å². The minimum Gasteiger partial charge on any atom is -0.381 e. The van der Waals surface area contributed by atoms with Crippen molar-refractivity contribution < 1.29 is 9.53 Å². The summed E-state index contributed by atoms with van der Waals surface area (Å²) in [5.41, 5.74) is 1.48. The monoisotopic (exact) mass is 251 g/mol. The summed E-state index contributed by atoms with van der Waals surface area (Å²) in [4.78, 5) is 13.3. The van der Waals surface area contributed by atoms with Crippen LogP contribution in [0.25, 0.3) is 0 Å². The molecule has 1 unspecified atom stereocenters. The van der Waals surface area contributed by atoms with E-state index in [9.17, 15) is 4.79 Å². The van der Waals surface area contributed by atoms with Crippen LogP contribution in [0.15, 0.2) is 0 Å². The Balaban J connectivity index is 2.12. The van der Waals surface area contributed by atoms with Crippen LogP contribution in [-0.4, -0.2) is 42.9 Å². The molecule has 1 fully saturated rings. The van der Waals surface area contributed by atoms with Gasteiger partial charge in [0, 0.05) is 27.2 Å². The van der Waals surface area contributed by atoms with Gasteiger partial charge in [0.2, 0.25) is 0 Å². The molecule has 0 aromatic carbocycles. The third kappa shape index (κ3) is 2.56. The van der Waals surface area contributed by atoms with Gasteiger partial charge in [0.1, 0.15) is 5.82 Å². The van der Waals surface area contributed by atoms with E-state index in [1.807, 2.05) is 21.0 Å².